The first-order valence-electron chi connectivity index (χ1n) is 7.54. The lowest BCUT2D eigenvalue weighted by atomic mass is 10.1. The molecular formula is C18H28O3. The first kappa shape index (κ1) is 19.4. The first-order chi connectivity index (χ1) is 10.1. The Morgan fingerprint density at radius 1 is 1.24 bits per heavy atom. The van der Waals surface area contributed by atoms with Crippen LogP contribution >= 0.6 is 0 Å². The van der Waals surface area contributed by atoms with Crippen LogP contribution in [0, 0.1) is 5.92 Å². The predicted octanol–water partition coefficient (Wildman–Crippen LogP) is 4.07. The van der Waals surface area contributed by atoms with Crippen molar-refractivity contribution in [3.63, 3.8) is 0 Å². The number of hydrogen-bond donors (Lipinski definition) is 1. The van der Waals surface area contributed by atoms with Gasteiger partial charge < -0.3 is 9.84 Å². The van der Waals surface area contributed by atoms with E-state index in [4.69, 9.17) is 9.84 Å². The Kier molecular flexibility index (Phi) is 12.4. The van der Waals surface area contributed by atoms with Crippen molar-refractivity contribution in [1.29, 1.82) is 0 Å². The maximum absolute atomic E-state index is 10.5. The lowest BCUT2D eigenvalue weighted by Crippen LogP contribution is -2.09. The van der Waals surface area contributed by atoms with Crippen LogP contribution in [0.4, 0.5) is 0 Å². The Hall–Kier alpha value is -1.61. The molecule has 0 amide bonds. The van der Waals surface area contributed by atoms with E-state index in [1.807, 2.05) is 36.4 Å². The van der Waals surface area contributed by atoms with E-state index in [0.717, 1.165) is 18.8 Å². The molecule has 0 bridgehead atoms. The molecule has 0 aromatic heterocycles. The molecule has 0 unspecified atom stereocenters. The van der Waals surface area contributed by atoms with Crippen LogP contribution in [0.1, 0.15) is 45.1 Å². The maximum Gasteiger partial charge on any atom is 0.331 e. The summed E-state index contributed by atoms with van der Waals surface area (Å²) < 4.78 is 4.71. The van der Waals surface area contributed by atoms with E-state index in [2.05, 4.69) is 20.4 Å². The highest BCUT2D eigenvalue weighted by Crippen LogP contribution is 2.07. The lowest BCUT2D eigenvalue weighted by molar-refractivity contribution is -0.147. The van der Waals surface area contributed by atoms with Gasteiger partial charge in [-0.15, -0.1) is 0 Å². The van der Waals surface area contributed by atoms with Crippen LogP contribution in [0.3, 0.4) is 0 Å². The fraction of sp³-hybridized carbons (Fsp3) is 0.500. The molecule has 21 heavy (non-hydrogen) atoms. The third-order valence-electron chi connectivity index (χ3n) is 2.85. The zero-order chi connectivity index (χ0) is 15.9. The van der Waals surface area contributed by atoms with Gasteiger partial charge in [0, 0.05) is 0 Å². The van der Waals surface area contributed by atoms with Crippen LogP contribution in [0.2, 0.25) is 0 Å². The van der Waals surface area contributed by atoms with Crippen LogP contribution in [-0.4, -0.2) is 24.3 Å². The molecule has 0 heterocycles. The molecule has 0 aliphatic heterocycles. The Morgan fingerprint density at radius 3 is 2.38 bits per heavy atom. The molecule has 0 radical (unpaired) electrons. The van der Waals surface area contributed by atoms with Crippen molar-refractivity contribution >= 4 is 12.0 Å². The Balaban J connectivity index is 0.000000423. The second-order valence-electron chi connectivity index (χ2n) is 5.24. The zero-order valence-corrected chi connectivity index (χ0v) is 13.3. The van der Waals surface area contributed by atoms with Crippen molar-refractivity contribution in [3.8, 4) is 0 Å². The standard InChI is InChI=1S/C10H20O3.C8H8/c1-9(2)6-4-3-5-7-13-10(12)8-11;1-2-8-6-4-3-5-7-8/h9,11H,3-8H2,1-2H3;2-7H,1H2. The fourth-order valence-corrected chi connectivity index (χ4v) is 1.65. The third-order valence-corrected chi connectivity index (χ3v) is 2.85. The molecule has 0 fully saturated rings. The van der Waals surface area contributed by atoms with Gasteiger partial charge in [0.25, 0.3) is 0 Å². The molecule has 0 aliphatic rings. The Morgan fingerprint density at radius 2 is 1.90 bits per heavy atom. The summed E-state index contributed by atoms with van der Waals surface area (Å²) in [6.07, 6.45) is 6.25. The van der Waals surface area contributed by atoms with Gasteiger partial charge in [0.1, 0.15) is 6.61 Å². The Bertz CT molecular complexity index is 371. The number of rotatable bonds is 8. The van der Waals surface area contributed by atoms with Crippen molar-refractivity contribution < 1.29 is 14.6 Å². The molecule has 1 N–H and O–H groups in total. The molecular weight excluding hydrogens is 264 g/mol. The second kappa shape index (κ2) is 13.4. The van der Waals surface area contributed by atoms with Gasteiger partial charge in [0.05, 0.1) is 6.61 Å². The average molecular weight is 292 g/mol. The minimum Gasteiger partial charge on any atom is -0.464 e. The van der Waals surface area contributed by atoms with Gasteiger partial charge in [-0.05, 0) is 17.9 Å². The van der Waals surface area contributed by atoms with E-state index >= 15 is 0 Å². The molecule has 1 aromatic carbocycles. The number of unbranched alkanes of at least 4 members (excludes halogenated alkanes) is 2. The molecule has 1 rings (SSSR count). The molecule has 0 spiro atoms. The first-order valence-corrected chi connectivity index (χ1v) is 7.54. The zero-order valence-electron chi connectivity index (χ0n) is 13.3. The number of aliphatic hydroxyl groups excluding tert-OH is 1. The molecule has 0 saturated heterocycles. The topological polar surface area (TPSA) is 46.5 Å². The van der Waals surface area contributed by atoms with Crippen LogP contribution in [0.25, 0.3) is 6.08 Å². The quantitative estimate of drug-likeness (QED) is 0.580. The molecule has 1 aromatic rings. The molecule has 3 heteroatoms. The van der Waals surface area contributed by atoms with E-state index in [9.17, 15) is 4.79 Å². The van der Waals surface area contributed by atoms with Crippen molar-refractivity contribution in [3.05, 3.63) is 42.5 Å². The minimum atomic E-state index is -0.524. The highest BCUT2D eigenvalue weighted by atomic mass is 16.5. The van der Waals surface area contributed by atoms with Crippen molar-refractivity contribution in [1.82, 2.24) is 0 Å². The maximum atomic E-state index is 10.5. The lowest BCUT2D eigenvalue weighted by Gasteiger charge is -2.04. The normalized spacial score (nSPS) is 9.71. The molecule has 0 saturated carbocycles. The van der Waals surface area contributed by atoms with Crippen LogP contribution in [-0.2, 0) is 9.53 Å². The minimum absolute atomic E-state index is 0.442. The largest absolute Gasteiger partial charge is 0.464 e. The molecule has 0 aliphatic carbocycles. The monoisotopic (exact) mass is 292 g/mol. The van der Waals surface area contributed by atoms with Gasteiger partial charge >= 0.3 is 5.97 Å². The van der Waals surface area contributed by atoms with Crippen LogP contribution < -0.4 is 0 Å². The summed E-state index contributed by atoms with van der Waals surface area (Å²) in [5, 5.41) is 8.34. The number of aliphatic hydroxyl groups is 1. The van der Waals surface area contributed by atoms with Gasteiger partial charge in [0.2, 0.25) is 0 Å². The number of hydrogen-bond acceptors (Lipinski definition) is 3. The van der Waals surface area contributed by atoms with E-state index in [-0.39, 0.29) is 0 Å². The van der Waals surface area contributed by atoms with Gasteiger partial charge in [-0.2, -0.15) is 0 Å². The van der Waals surface area contributed by atoms with Gasteiger partial charge in [-0.1, -0.05) is 76.1 Å². The Labute approximate surface area is 128 Å². The molecule has 0 atom stereocenters. The summed E-state index contributed by atoms with van der Waals surface area (Å²) in [6, 6.07) is 10.0. The van der Waals surface area contributed by atoms with Crippen LogP contribution in [0.15, 0.2) is 36.9 Å². The number of ether oxygens (including phenoxy) is 1. The summed E-state index contributed by atoms with van der Waals surface area (Å²) in [6.45, 7) is 7.97. The molecule has 3 nitrogen and oxygen atoms in total. The number of carbonyl (C=O) groups is 1. The highest BCUT2D eigenvalue weighted by molar-refractivity contribution is 5.70. The van der Waals surface area contributed by atoms with E-state index in [0.29, 0.717) is 6.61 Å². The number of benzene rings is 1. The second-order valence-corrected chi connectivity index (χ2v) is 5.24. The molecule has 118 valence electrons. The van der Waals surface area contributed by atoms with Crippen LogP contribution in [0.5, 0.6) is 0 Å². The summed E-state index contributed by atoms with van der Waals surface area (Å²) >= 11 is 0. The van der Waals surface area contributed by atoms with Crippen molar-refractivity contribution in [2.75, 3.05) is 13.2 Å². The van der Waals surface area contributed by atoms with Gasteiger partial charge in [-0.25, -0.2) is 4.79 Å². The van der Waals surface area contributed by atoms with Crippen molar-refractivity contribution in [2.24, 2.45) is 5.92 Å². The highest BCUT2D eigenvalue weighted by Gasteiger charge is 1.98. The average Bonchev–Trinajstić information content (AvgIpc) is 2.51. The SMILES string of the molecule is C=Cc1ccccc1.CC(C)CCCCCOC(=O)CO. The summed E-state index contributed by atoms with van der Waals surface area (Å²) in [7, 11) is 0. The number of esters is 1. The predicted molar refractivity (Wildman–Crippen MR) is 87.9 cm³/mol. The summed E-state index contributed by atoms with van der Waals surface area (Å²) in [5.74, 6) is 0.226. The van der Waals surface area contributed by atoms with E-state index in [1.54, 1.807) is 0 Å². The smallest absolute Gasteiger partial charge is 0.331 e. The fourth-order valence-electron chi connectivity index (χ4n) is 1.65. The van der Waals surface area contributed by atoms with E-state index in [1.165, 1.54) is 18.4 Å². The summed E-state index contributed by atoms with van der Waals surface area (Å²) in [5.41, 5.74) is 1.17. The third kappa shape index (κ3) is 13.1. The van der Waals surface area contributed by atoms with Gasteiger partial charge in [0.15, 0.2) is 0 Å². The number of carbonyl (C=O) groups excluding carboxylic acids is 1. The van der Waals surface area contributed by atoms with Crippen molar-refractivity contribution in [2.45, 2.75) is 39.5 Å². The van der Waals surface area contributed by atoms with Gasteiger partial charge in [-0.3, -0.25) is 0 Å². The summed E-state index contributed by atoms with van der Waals surface area (Å²) in [4.78, 5) is 10.5. The van der Waals surface area contributed by atoms with E-state index < -0.39 is 12.6 Å².